The fourth-order valence-electron chi connectivity index (χ4n) is 3.06. The molecule has 140 valence electrons. The monoisotopic (exact) mass is 367 g/mol. The summed E-state index contributed by atoms with van der Waals surface area (Å²) in [4.78, 5) is 37.1. The number of hydrogen-bond donors (Lipinski definition) is 1. The van der Waals surface area contributed by atoms with E-state index in [1.54, 1.807) is 11.0 Å². The fraction of sp³-hybridized carbons (Fsp3) is 0.300. The largest absolute Gasteiger partial charge is 0.322 e. The second-order valence-electron chi connectivity index (χ2n) is 7.56. The van der Waals surface area contributed by atoms with Gasteiger partial charge in [-0.1, -0.05) is 26.8 Å². The Bertz CT molecular complexity index is 931. The molecule has 7 nitrogen and oxygen atoms in total. The summed E-state index contributed by atoms with van der Waals surface area (Å²) in [5.41, 5.74) is 2.07. The fourth-order valence-corrected chi connectivity index (χ4v) is 3.06. The Hall–Kier alpha value is -3.22. The van der Waals surface area contributed by atoms with Gasteiger partial charge in [0.2, 0.25) is 5.91 Å². The van der Waals surface area contributed by atoms with Crippen molar-refractivity contribution in [3.05, 3.63) is 63.7 Å². The van der Waals surface area contributed by atoms with Crippen LogP contribution < -0.4 is 10.2 Å². The summed E-state index contributed by atoms with van der Waals surface area (Å²) in [5, 5.41) is 13.6. The Kier molecular flexibility index (Phi) is 4.70. The van der Waals surface area contributed by atoms with E-state index in [1.807, 2.05) is 32.9 Å². The van der Waals surface area contributed by atoms with Gasteiger partial charge in [0.05, 0.1) is 4.92 Å². The predicted molar refractivity (Wildman–Crippen MR) is 103 cm³/mol. The molecule has 0 atom stereocenters. The maximum absolute atomic E-state index is 12.6. The van der Waals surface area contributed by atoms with Gasteiger partial charge in [-0.05, 0) is 36.2 Å². The molecule has 1 N–H and O–H groups in total. The molecule has 0 bridgehead atoms. The second-order valence-corrected chi connectivity index (χ2v) is 7.56. The van der Waals surface area contributed by atoms with Gasteiger partial charge >= 0.3 is 0 Å². The number of nitro benzene ring substituents is 1. The lowest BCUT2D eigenvalue weighted by atomic mass is 9.94. The lowest BCUT2D eigenvalue weighted by Gasteiger charge is -2.26. The first-order valence-corrected chi connectivity index (χ1v) is 8.67. The summed E-state index contributed by atoms with van der Waals surface area (Å²) >= 11 is 0. The van der Waals surface area contributed by atoms with Crippen molar-refractivity contribution >= 4 is 28.9 Å². The maximum atomic E-state index is 12.6. The summed E-state index contributed by atoms with van der Waals surface area (Å²) in [6.45, 7) is 6.29. The minimum atomic E-state index is -0.535. The van der Waals surface area contributed by atoms with Crippen LogP contribution in [0.5, 0.6) is 0 Å². The second kappa shape index (κ2) is 6.83. The molecule has 0 aliphatic carbocycles. The molecule has 2 aromatic rings. The molecule has 0 unspecified atom stereocenters. The van der Waals surface area contributed by atoms with E-state index in [4.69, 9.17) is 0 Å². The van der Waals surface area contributed by atoms with E-state index in [1.165, 1.54) is 24.3 Å². The van der Waals surface area contributed by atoms with E-state index in [9.17, 15) is 19.7 Å². The first-order chi connectivity index (χ1) is 12.7. The van der Waals surface area contributed by atoms with Crippen LogP contribution in [0.15, 0.2) is 42.5 Å². The van der Waals surface area contributed by atoms with Crippen LogP contribution in [-0.4, -0.2) is 23.3 Å². The van der Waals surface area contributed by atoms with Gasteiger partial charge in [-0.2, -0.15) is 0 Å². The van der Waals surface area contributed by atoms with Crippen LogP contribution in [0.4, 0.5) is 17.1 Å². The Morgan fingerprint density at radius 1 is 1.15 bits per heavy atom. The first kappa shape index (κ1) is 18.6. The Morgan fingerprint density at radius 2 is 1.89 bits per heavy atom. The number of rotatable bonds is 3. The third-order valence-electron chi connectivity index (χ3n) is 4.44. The minimum absolute atomic E-state index is 0.0645. The molecule has 7 heteroatoms. The number of hydrogen-bond acceptors (Lipinski definition) is 4. The predicted octanol–water partition coefficient (Wildman–Crippen LogP) is 3.78. The SMILES string of the molecule is CC(C)(C)C(=O)N1CCc2cc(NC(=O)c3cccc([N+](=O)[O-])c3)ccc21. The Labute approximate surface area is 157 Å². The van der Waals surface area contributed by atoms with E-state index in [-0.39, 0.29) is 17.2 Å². The summed E-state index contributed by atoms with van der Waals surface area (Å²) < 4.78 is 0. The zero-order chi connectivity index (χ0) is 19.8. The highest BCUT2D eigenvalue weighted by molar-refractivity contribution is 6.05. The van der Waals surface area contributed by atoms with Gasteiger partial charge in [-0.15, -0.1) is 0 Å². The third kappa shape index (κ3) is 3.81. The lowest BCUT2D eigenvalue weighted by molar-refractivity contribution is -0.384. The highest BCUT2D eigenvalue weighted by Gasteiger charge is 2.32. The Balaban J connectivity index is 1.79. The number of nitrogens with zero attached hydrogens (tertiary/aromatic N) is 2. The summed E-state index contributed by atoms with van der Waals surface area (Å²) in [5.74, 6) is -0.353. The smallest absolute Gasteiger partial charge is 0.270 e. The molecule has 0 radical (unpaired) electrons. The quantitative estimate of drug-likeness (QED) is 0.660. The van der Waals surface area contributed by atoms with Crippen molar-refractivity contribution in [2.45, 2.75) is 27.2 Å². The van der Waals surface area contributed by atoms with Crippen LogP contribution in [0.25, 0.3) is 0 Å². The van der Waals surface area contributed by atoms with Gasteiger partial charge in [0.25, 0.3) is 11.6 Å². The molecule has 1 aliphatic rings. The number of fused-ring (bicyclic) bond motifs is 1. The van der Waals surface area contributed by atoms with Crippen LogP contribution in [0.1, 0.15) is 36.7 Å². The highest BCUT2D eigenvalue weighted by atomic mass is 16.6. The summed E-state index contributed by atoms with van der Waals surface area (Å²) in [6, 6.07) is 11.0. The van der Waals surface area contributed by atoms with Crippen molar-refractivity contribution < 1.29 is 14.5 Å². The normalized spacial score (nSPS) is 13.2. The van der Waals surface area contributed by atoms with Crippen LogP contribution in [0.3, 0.4) is 0 Å². The number of carbonyl (C=O) groups is 2. The van der Waals surface area contributed by atoms with Crippen LogP contribution in [-0.2, 0) is 11.2 Å². The van der Waals surface area contributed by atoms with E-state index >= 15 is 0 Å². The molecular formula is C20H21N3O4. The molecular weight excluding hydrogens is 346 g/mol. The van der Waals surface area contributed by atoms with Gasteiger partial charge in [0.15, 0.2) is 0 Å². The van der Waals surface area contributed by atoms with Crippen LogP contribution in [0.2, 0.25) is 0 Å². The van der Waals surface area contributed by atoms with Crippen molar-refractivity contribution in [1.82, 2.24) is 0 Å². The average molecular weight is 367 g/mol. The number of anilines is 2. The Morgan fingerprint density at radius 3 is 2.56 bits per heavy atom. The number of nitro groups is 1. The van der Waals surface area contributed by atoms with Gasteiger partial charge in [-0.25, -0.2) is 0 Å². The third-order valence-corrected chi connectivity index (χ3v) is 4.44. The van der Waals surface area contributed by atoms with E-state index in [2.05, 4.69) is 5.32 Å². The van der Waals surface area contributed by atoms with Crippen molar-refractivity contribution in [1.29, 1.82) is 0 Å². The topological polar surface area (TPSA) is 92.6 Å². The first-order valence-electron chi connectivity index (χ1n) is 8.67. The molecule has 1 aliphatic heterocycles. The van der Waals surface area contributed by atoms with Crippen LogP contribution in [0, 0.1) is 15.5 Å². The standard InChI is InChI=1S/C20H21N3O4/c1-20(2,3)19(25)22-10-9-13-11-15(7-8-17(13)22)21-18(24)14-5-4-6-16(12-14)23(26)27/h4-8,11-12H,9-10H2,1-3H3,(H,21,24). The molecule has 1 heterocycles. The molecule has 0 saturated heterocycles. The molecule has 2 aromatic carbocycles. The van der Waals surface area contributed by atoms with Crippen LogP contribution >= 0.6 is 0 Å². The van der Waals surface area contributed by atoms with Gasteiger partial charge in [0.1, 0.15) is 0 Å². The number of amides is 2. The van der Waals surface area contributed by atoms with E-state index < -0.39 is 16.2 Å². The van der Waals surface area contributed by atoms with E-state index in [0.29, 0.717) is 12.2 Å². The lowest BCUT2D eigenvalue weighted by Crippen LogP contribution is -2.38. The summed E-state index contributed by atoms with van der Waals surface area (Å²) in [7, 11) is 0. The van der Waals surface area contributed by atoms with Crippen molar-refractivity contribution in [2.75, 3.05) is 16.8 Å². The number of non-ortho nitro benzene ring substituents is 1. The van der Waals surface area contributed by atoms with Gasteiger partial charge < -0.3 is 10.2 Å². The van der Waals surface area contributed by atoms with Gasteiger partial charge in [0, 0.05) is 41.0 Å². The zero-order valence-corrected chi connectivity index (χ0v) is 15.5. The molecule has 3 rings (SSSR count). The molecule has 0 fully saturated rings. The maximum Gasteiger partial charge on any atom is 0.270 e. The minimum Gasteiger partial charge on any atom is -0.322 e. The number of carbonyl (C=O) groups excluding carboxylic acids is 2. The van der Waals surface area contributed by atoms with Crippen molar-refractivity contribution in [3.8, 4) is 0 Å². The number of nitrogens with one attached hydrogen (secondary N) is 1. The van der Waals surface area contributed by atoms with Gasteiger partial charge in [-0.3, -0.25) is 19.7 Å². The zero-order valence-electron chi connectivity index (χ0n) is 15.5. The molecule has 2 amide bonds. The van der Waals surface area contributed by atoms with Crippen molar-refractivity contribution in [2.24, 2.45) is 5.41 Å². The van der Waals surface area contributed by atoms with Crippen molar-refractivity contribution in [3.63, 3.8) is 0 Å². The molecule has 0 saturated carbocycles. The summed E-state index contributed by atoms with van der Waals surface area (Å²) in [6.07, 6.45) is 0.720. The highest BCUT2D eigenvalue weighted by Crippen LogP contribution is 2.33. The molecule has 0 spiro atoms. The van der Waals surface area contributed by atoms with E-state index in [0.717, 1.165) is 17.7 Å². The molecule has 0 aromatic heterocycles. The number of benzene rings is 2. The average Bonchev–Trinajstić information content (AvgIpc) is 3.03. The molecule has 27 heavy (non-hydrogen) atoms.